The fourth-order valence-corrected chi connectivity index (χ4v) is 3.68. The van der Waals surface area contributed by atoms with E-state index in [1.54, 1.807) is 4.90 Å². The predicted octanol–water partition coefficient (Wildman–Crippen LogP) is 1.09. The highest BCUT2D eigenvalue weighted by Crippen LogP contribution is 2.30. The Hall–Kier alpha value is -2.13. The number of rotatable bonds is 6. The van der Waals surface area contributed by atoms with E-state index in [1.807, 2.05) is 30.3 Å². The molecule has 0 saturated carbocycles. The van der Waals surface area contributed by atoms with E-state index < -0.39 is 16.1 Å². The largest absolute Gasteiger partial charge is 0.385 e. The summed E-state index contributed by atoms with van der Waals surface area (Å²) in [6.07, 6.45) is 1.25. The summed E-state index contributed by atoms with van der Waals surface area (Å²) in [4.78, 5) is 19.9. The first-order chi connectivity index (χ1) is 11.9. The van der Waals surface area contributed by atoms with Gasteiger partial charge in [-0.25, -0.2) is 13.2 Å². The average Bonchev–Trinajstić information content (AvgIpc) is 2.84. The second kappa shape index (κ2) is 7.01. The van der Waals surface area contributed by atoms with Crippen LogP contribution in [0.1, 0.15) is 25.3 Å². The summed E-state index contributed by atoms with van der Waals surface area (Å²) in [5.74, 6) is -0.151. The molecule has 2 N–H and O–H groups in total. The van der Waals surface area contributed by atoms with E-state index in [2.05, 4.69) is 4.40 Å². The van der Waals surface area contributed by atoms with Crippen molar-refractivity contribution in [3.05, 3.63) is 35.9 Å². The van der Waals surface area contributed by atoms with E-state index in [1.165, 1.54) is 12.0 Å². The fourth-order valence-electron chi connectivity index (χ4n) is 3.11. The number of fused-ring (bicyclic) bond motifs is 2. The first-order valence-electron chi connectivity index (χ1n) is 8.26. The van der Waals surface area contributed by atoms with Gasteiger partial charge in [-0.1, -0.05) is 30.3 Å². The van der Waals surface area contributed by atoms with E-state index in [0.717, 1.165) is 5.56 Å². The van der Waals surface area contributed by atoms with E-state index in [4.69, 9.17) is 10.6 Å². The summed E-state index contributed by atoms with van der Waals surface area (Å²) >= 11 is 0. The molecule has 136 valence electrons. The molecular weight excluding hydrogens is 344 g/mol. The van der Waals surface area contributed by atoms with Crippen molar-refractivity contribution in [2.75, 3.05) is 12.3 Å². The zero-order chi connectivity index (χ0) is 18.0. The van der Waals surface area contributed by atoms with Crippen LogP contribution in [0.25, 0.3) is 0 Å². The molecule has 2 saturated heterocycles. The van der Waals surface area contributed by atoms with Gasteiger partial charge in [-0.2, -0.15) is 5.06 Å². The maximum atomic E-state index is 12.6. The van der Waals surface area contributed by atoms with Crippen molar-refractivity contribution in [1.29, 1.82) is 0 Å². The van der Waals surface area contributed by atoms with Gasteiger partial charge >= 0.3 is 6.03 Å². The Morgan fingerprint density at radius 1 is 1.32 bits per heavy atom. The van der Waals surface area contributed by atoms with Gasteiger partial charge in [0.05, 0.1) is 17.8 Å². The van der Waals surface area contributed by atoms with Crippen LogP contribution in [0.2, 0.25) is 0 Å². The minimum Gasteiger partial charge on any atom is -0.385 e. The molecule has 2 aliphatic rings. The molecule has 0 radical (unpaired) electrons. The Kier molecular flexibility index (Phi) is 4.96. The molecule has 0 aromatic heterocycles. The smallest absolute Gasteiger partial charge is 0.344 e. The SMILES string of the molecule is CCS(=O)(=O)N=C(N)[C@@H]1CC[C@@H]2CN1C(=O)N2OCc1ccccc1. The van der Waals surface area contributed by atoms with Gasteiger partial charge in [-0.05, 0) is 25.3 Å². The van der Waals surface area contributed by atoms with Gasteiger partial charge in [0.1, 0.15) is 12.4 Å². The molecule has 1 aromatic carbocycles. The highest BCUT2D eigenvalue weighted by molar-refractivity contribution is 7.90. The van der Waals surface area contributed by atoms with E-state index in [0.29, 0.717) is 26.0 Å². The van der Waals surface area contributed by atoms with Crippen molar-refractivity contribution in [3.63, 3.8) is 0 Å². The van der Waals surface area contributed by atoms with Crippen LogP contribution in [0.4, 0.5) is 4.79 Å². The quantitative estimate of drug-likeness (QED) is 0.599. The highest BCUT2D eigenvalue weighted by Gasteiger charge is 2.47. The number of amidine groups is 1. The van der Waals surface area contributed by atoms with Crippen LogP contribution in [-0.4, -0.2) is 54.6 Å². The number of carbonyl (C=O) groups excluding carboxylic acids is 1. The number of urea groups is 1. The van der Waals surface area contributed by atoms with Crippen LogP contribution in [0, 0.1) is 0 Å². The van der Waals surface area contributed by atoms with Crippen molar-refractivity contribution in [2.45, 2.75) is 38.5 Å². The lowest BCUT2D eigenvalue weighted by molar-refractivity contribution is -0.140. The van der Waals surface area contributed by atoms with Crippen LogP contribution in [0.3, 0.4) is 0 Å². The molecule has 0 unspecified atom stereocenters. The zero-order valence-electron chi connectivity index (χ0n) is 14.0. The molecule has 0 spiro atoms. The summed E-state index contributed by atoms with van der Waals surface area (Å²) in [5, 5.41) is 1.38. The monoisotopic (exact) mass is 366 g/mol. The van der Waals surface area contributed by atoms with Gasteiger partial charge in [0.2, 0.25) is 0 Å². The first kappa shape index (κ1) is 17.7. The third-order valence-electron chi connectivity index (χ3n) is 4.49. The number of amides is 2. The second-order valence-corrected chi connectivity index (χ2v) is 8.08. The van der Waals surface area contributed by atoms with E-state index >= 15 is 0 Å². The lowest BCUT2D eigenvalue weighted by Gasteiger charge is -2.29. The topological polar surface area (TPSA) is 105 Å². The molecule has 2 amide bonds. The molecule has 25 heavy (non-hydrogen) atoms. The van der Waals surface area contributed by atoms with Crippen LogP contribution < -0.4 is 5.73 Å². The van der Waals surface area contributed by atoms with Crippen molar-refractivity contribution in [2.24, 2.45) is 10.1 Å². The Morgan fingerprint density at radius 3 is 2.72 bits per heavy atom. The summed E-state index contributed by atoms with van der Waals surface area (Å²) in [7, 11) is -3.58. The molecule has 2 atom stereocenters. The minimum absolute atomic E-state index is 0.0291. The summed E-state index contributed by atoms with van der Waals surface area (Å²) in [6.45, 7) is 2.26. The number of nitrogens with zero attached hydrogens (tertiary/aromatic N) is 3. The van der Waals surface area contributed by atoms with Gasteiger partial charge in [-0.3, -0.25) is 4.84 Å². The van der Waals surface area contributed by atoms with Crippen molar-refractivity contribution < 1.29 is 18.0 Å². The van der Waals surface area contributed by atoms with Gasteiger partial charge in [-0.15, -0.1) is 4.40 Å². The molecule has 2 aliphatic heterocycles. The molecule has 0 aliphatic carbocycles. The maximum absolute atomic E-state index is 12.6. The normalized spacial score (nSPS) is 24.0. The second-order valence-electron chi connectivity index (χ2n) is 6.15. The number of hydrogen-bond acceptors (Lipinski definition) is 4. The molecule has 2 bridgehead atoms. The fraction of sp³-hybridized carbons (Fsp3) is 0.500. The van der Waals surface area contributed by atoms with Crippen LogP contribution in [0.5, 0.6) is 0 Å². The average molecular weight is 366 g/mol. The number of hydrogen-bond donors (Lipinski definition) is 1. The van der Waals surface area contributed by atoms with E-state index in [9.17, 15) is 13.2 Å². The summed E-state index contributed by atoms with van der Waals surface area (Å²) < 4.78 is 26.9. The zero-order valence-corrected chi connectivity index (χ0v) is 14.9. The number of sulfonamides is 1. The Bertz CT molecular complexity index is 766. The highest BCUT2D eigenvalue weighted by atomic mass is 32.2. The standard InChI is InChI=1S/C16H22N4O4S/c1-2-25(22,23)18-15(17)14-9-8-13-10-19(14)16(21)20(13)24-11-12-6-4-3-5-7-12/h3-7,13-14H,2,8-11H2,1H3,(H2,17,18)/t13-,14+/m1/s1. The van der Waals surface area contributed by atoms with Gasteiger partial charge in [0.25, 0.3) is 10.0 Å². The number of piperidine rings is 1. The Morgan fingerprint density at radius 2 is 2.04 bits per heavy atom. The molecule has 8 nitrogen and oxygen atoms in total. The third-order valence-corrected chi connectivity index (χ3v) is 5.71. The lowest BCUT2D eigenvalue weighted by atomic mass is 10.0. The molecule has 1 aromatic rings. The number of carbonyl (C=O) groups is 1. The van der Waals surface area contributed by atoms with Gasteiger partial charge in [0.15, 0.2) is 0 Å². The lowest BCUT2D eigenvalue weighted by Crippen LogP contribution is -2.48. The van der Waals surface area contributed by atoms with Gasteiger partial charge < -0.3 is 10.6 Å². The maximum Gasteiger partial charge on any atom is 0.344 e. The number of hydroxylamine groups is 2. The van der Waals surface area contributed by atoms with Crippen molar-refractivity contribution in [3.8, 4) is 0 Å². The Balaban J connectivity index is 1.70. The Labute approximate surface area is 147 Å². The van der Waals surface area contributed by atoms with Crippen molar-refractivity contribution in [1.82, 2.24) is 9.96 Å². The van der Waals surface area contributed by atoms with E-state index in [-0.39, 0.29) is 23.7 Å². The molecular formula is C16H22N4O4S. The summed E-state index contributed by atoms with van der Waals surface area (Å²) in [6, 6.07) is 8.74. The number of nitrogens with two attached hydrogens (primary N) is 1. The third kappa shape index (κ3) is 3.77. The minimum atomic E-state index is -3.58. The van der Waals surface area contributed by atoms with Crippen LogP contribution in [0.15, 0.2) is 34.7 Å². The molecule has 3 rings (SSSR count). The molecule has 2 fully saturated rings. The predicted molar refractivity (Wildman–Crippen MR) is 93.1 cm³/mol. The summed E-state index contributed by atoms with van der Waals surface area (Å²) in [5.41, 5.74) is 6.86. The van der Waals surface area contributed by atoms with Crippen LogP contribution in [-0.2, 0) is 21.5 Å². The number of benzene rings is 1. The molecule has 2 heterocycles. The van der Waals surface area contributed by atoms with Crippen molar-refractivity contribution >= 4 is 21.9 Å². The first-order valence-corrected chi connectivity index (χ1v) is 9.87. The molecule has 9 heteroatoms. The van der Waals surface area contributed by atoms with Crippen LogP contribution >= 0.6 is 0 Å². The van der Waals surface area contributed by atoms with Gasteiger partial charge in [0, 0.05) is 6.54 Å².